The van der Waals surface area contributed by atoms with Crippen molar-refractivity contribution in [1.29, 1.82) is 0 Å². The minimum atomic E-state index is -0.679. The van der Waals surface area contributed by atoms with Gasteiger partial charge in [0.05, 0.1) is 10.6 Å². The summed E-state index contributed by atoms with van der Waals surface area (Å²) in [6, 6.07) is 4.40. The number of hydrogen-bond acceptors (Lipinski definition) is 2. The van der Waals surface area contributed by atoms with Crippen LogP contribution in [0.5, 0.6) is 0 Å². The number of amides is 1. The third kappa shape index (κ3) is 4.64. The van der Waals surface area contributed by atoms with E-state index in [4.69, 9.17) is 17.3 Å². The molecule has 6 heteroatoms. The molecule has 0 radical (unpaired) electrons. The van der Waals surface area contributed by atoms with E-state index in [-0.39, 0.29) is 28.4 Å². The summed E-state index contributed by atoms with van der Waals surface area (Å²) in [5.41, 5.74) is 5.39. The van der Waals surface area contributed by atoms with Crippen molar-refractivity contribution in [3.63, 3.8) is 0 Å². The Morgan fingerprint density at radius 3 is 2.58 bits per heavy atom. The second-order valence-electron chi connectivity index (χ2n) is 5.13. The number of carbonyl (C=O) groups excluding carboxylic acids is 1. The van der Waals surface area contributed by atoms with Crippen molar-refractivity contribution in [2.24, 2.45) is 11.1 Å². The van der Waals surface area contributed by atoms with Crippen LogP contribution in [0.1, 0.15) is 24.2 Å². The molecule has 1 rings (SSSR count). The quantitative estimate of drug-likeness (QED) is 0.929. The van der Waals surface area contributed by atoms with Crippen molar-refractivity contribution in [2.45, 2.75) is 13.8 Å². The van der Waals surface area contributed by atoms with Crippen LogP contribution in [0.4, 0.5) is 4.39 Å². The first-order valence-corrected chi connectivity index (χ1v) is 6.06. The predicted octanol–water partition coefficient (Wildman–Crippen LogP) is 2.96. The normalized spacial score (nSPS) is 10.8. The maximum absolute atomic E-state index is 13.7. The van der Waals surface area contributed by atoms with Crippen molar-refractivity contribution >= 4 is 29.9 Å². The maximum atomic E-state index is 13.7. The standard InChI is InChI=1S/C13H18ClFN2O.ClH/c1-13(2,7-16)8-17(3)12(18)9-5-4-6-10(14)11(9)15;/h4-6H,7-8,16H2,1-3H3;1H. The van der Waals surface area contributed by atoms with Crippen LogP contribution >= 0.6 is 24.0 Å². The molecule has 108 valence electrons. The number of benzene rings is 1. The van der Waals surface area contributed by atoms with Crippen LogP contribution in [-0.2, 0) is 0 Å². The van der Waals surface area contributed by atoms with Crippen LogP contribution in [0.3, 0.4) is 0 Å². The summed E-state index contributed by atoms with van der Waals surface area (Å²) >= 11 is 5.66. The molecular formula is C13H19Cl2FN2O. The summed E-state index contributed by atoms with van der Waals surface area (Å²) in [4.78, 5) is 13.6. The molecule has 0 aromatic heterocycles. The molecule has 0 aliphatic rings. The number of halogens is 3. The number of carbonyl (C=O) groups is 1. The Bertz CT molecular complexity index is 452. The van der Waals surface area contributed by atoms with Crippen molar-refractivity contribution in [2.75, 3.05) is 20.1 Å². The van der Waals surface area contributed by atoms with Gasteiger partial charge in [-0.2, -0.15) is 0 Å². The molecule has 3 nitrogen and oxygen atoms in total. The smallest absolute Gasteiger partial charge is 0.256 e. The van der Waals surface area contributed by atoms with E-state index in [1.165, 1.54) is 17.0 Å². The van der Waals surface area contributed by atoms with E-state index in [0.717, 1.165) is 0 Å². The van der Waals surface area contributed by atoms with Gasteiger partial charge in [0.1, 0.15) is 0 Å². The zero-order valence-electron chi connectivity index (χ0n) is 11.2. The second kappa shape index (κ2) is 7.08. The average molecular weight is 309 g/mol. The Morgan fingerprint density at radius 1 is 1.47 bits per heavy atom. The summed E-state index contributed by atoms with van der Waals surface area (Å²) in [5, 5.41) is -0.0488. The highest BCUT2D eigenvalue weighted by Gasteiger charge is 2.24. The summed E-state index contributed by atoms with van der Waals surface area (Å²) in [5.74, 6) is -1.07. The summed E-state index contributed by atoms with van der Waals surface area (Å²) in [7, 11) is 1.63. The Morgan fingerprint density at radius 2 is 2.05 bits per heavy atom. The minimum Gasteiger partial charge on any atom is -0.341 e. The fourth-order valence-corrected chi connectivity index (χ4v) is 1.83. The number of nitrogens with zero attached hydrogens (tertiary/aromatic N) is 1. The van der Waals surface area contributed by atoms with Gasteiger partial charge in [0, 0.05) is 13.6 Å². The molecule has 0 fully saturated rings. The Labute approximate surface area is 124 Å². The first kappa shape index (κ1) is 18.2. The molecule has 0 saturated heterocycles. The topological polar surface area (TPSA) is 46.3 Å². The monoisotopic (exact) mass is 308 g/mol. The highest BCUT2D eigenvalue weighted by molar-refractivity contribution is 6.31. The lowest BCUT2D eigenvalue weighted by molar-refractivity contribution is 0.0736. The Hall–Kier alpha value is -0.840. The van der Waals surface area contributed by atoms with Gasteiger partial charge in [0.15, 0.2) is 5.82 Å². The van der Waals surface area contributed by atoms with E-state index in [0.29, 0.717) is 13.1 Å². The molecule has 2 N–H and O–H groups in total. The third-order valence-electron chi connectivity index (χ3n) is 2.75. The third-order valence-corrected chi connectivity index (χ3v) is 3.04. The van der Waals surface area contributed by atoms with E-state index in [9.17, 15) is 9.18 Å². The van der Waals surface area contributed by atoms with Crippen molar-refractivity contribution in [3.8, 4) is 0 Å². The molecular weight excluding hydrogens is 290 g/mol. The second-order valence-corrected chi connectivity index (χ2v) is 5.54. The zero-order valence-corrected chi connectivity index (χ0v) is 12.8. The van der Waals surface area contributed by atoms with Crippen LogP contribution in [0, 0.1) is 11.2 Å². The molecule has 1 aromatic rings. The van der Waals surface area contributed by atoms with Gasteiger partial charge in [-0.05, 0) is 24.1 Å². The molecule has 0 saturated carbocycles. The molecule has 0 unspecified atom stereocenters. The van der Waals surface area contributed by atoms with Crippen molar-refractivity contribution < 1.29 is 9.18 Å². The molecule has 0 bridgehead atoms. The number of rotatable bonds is 4. The molecule has 0 heterocycles. The van der Waals surface area contributed by atoms with Crippen LogP contribution in [0.25, 0.3) is 0 Å². The van der Waals surface area contributed by atoms with E-state index in [1.807, 2.05) is 13.8 Å². The molecule has 0 aliphatic carbocycles. The Kier molecular flexibility index (Phi) is 6.77. The van der Waals surface area contributed by atoms with Gasteiger partial charge in [-0.3, -0.25) is 4.79 Å². The highest BCUT2D eigenvalue weighted by Crippen LogP contribution is 2.21. The van der Waals surface area contributed by atoms with Gasteiger partial charge in [0.2, 0.25) is 0 Å². The Balaban J connectivity index is 0.00000324. The first-order valence-electron chi connectivity index (χ1n) is 5.68. The van der Waals surface area contributed by atoms with Gasteiger partial charge in [-0.25, -0.2) is 4.39 Å². The lowest BCUT2D eigenvalue weighted by Gasteiger charge is -2.29. The summed E-state index contributed by atoms with van der Waals surface area (Å²) in [6.45, 7) is 4.80. The van der Waals surface area contributed by atoms with Gasteiger partial charge in [-0.15, -0.1) is 12.4 Å². The zero-order chi connectivity index (χ0) is 13.9. The number of nitrogens with two attached hydrogens (primary N) is 1. The molecule has 0 spiro atoms. The highest BCUT2D eigenvalue weighted by atomic mass is 35.5. The van der Waals surface area contributed by atoms with E-state index < -0.39 is 11.7 Å². The summed E-state index contributed by atoms with van der Waals surface area (Å²) in [6.07, 6.45) is 0. The fourth-order valence-electron chi connectivity index (χ4n) is 1.65. The molecule has 0 atom stereocenters. The SMILES string of the molecule is CN(CC(C)(C)CN)C(=O)c1cccc(Cl)c1F.Cl. The van der Waals surface area contributed by atoms with Gasteiger partial charge < -0.3 is 10.6 Å². The van der Waals surface area contributed by atoms with Crippen LogP contribution in [0.2, 0.25) is 5.02 Å². The van der Waals surface area contributed by atoms with E-state index >= 15 is 0 Å². The molecule has 1 aromatic carbocycles. The van der Waals surface area contributed by atoms with E-state index in [2.05, 4.69) is 0 Å². The molecule has 19 heavy (non-hydrogen) atoms. The minimum absolute atomic E-state index is 0. The lowest BCUT2D eigenvalue weighted by Crippen LogP contribution is -2.40. The van der Waals surface area contributed by atoms with Crippen molar-refractivity contribution in [3.05, 3.63) is 34.6 Å². The first-order chi connectivity index (χ1) is 8.28. The predicted molar refractivity (Wildman–Crippen MR) is 78.5 cm³/mol. The van der Waals surface area contributed by atoms with Crippen molar-refractivity contribution in [1.82, 2.24) is 4.90 Å². The van der Waals surface area contributed by atoms with E-state index in [1.54, 1.807) is 13.1 Å². The fraction of sp³-hybridized carbons (Fsp3) is 0.462. The van der Waals surface area contributed by atoms with Gasteiger partial charge in [-0.1, -0.05) is 31.5 Å². The average Bonchev–Trinajstić information content (AvgIpc) is 2.31. The van der Waals surface area contributed by atoms with Gasteiger partial charge >= 0.3 is 0 Å². The lowest BCUT2D eigenvalue weighted by atomic mass is 9.93. The summed E-state index contributed by atoms with van der Waals surface area (Å²) < 4.78 is 13.7. The maximum Gasteiger partial charge on any atom is 0.256 e. The molecule has 1 amide bonds. The van der Waals surface area contributed by atoms with Crippen LogP contribution < -0.4 is 5.73 Å². The van der Waals surface area contributed by atoms with Crippen LogP contribution in [-0.4, -0.2) is 30.9 Å². The number of hydrogen-bond donors (Lipinski definition) is 1. The molecule has 0 aliphatic heterocycles. The largest absolute Gasteiger partial charge is 0.341 e. The van der Waals surface area contributed by atoms with Gasteiger partial charge in [0.25, 0.3) is 5.91 Å². The van der Waals surface area contributed by atoms with Crippen LogP contribution in [0.15, 0.2) is 18.2 Å².